The van der Waals surface area contributed by atoms with Gasteiger partial charge in [0.05, 0.1) is 11.0 Å². The molecule has 1 aromatic heterocycles. The fourth-order valence-electron chi connectivity index (χ4n) is 3.06. The minimum absolute atomic E-state index is 1.07. The Kier molecular flexibility index (Phi) is 2.31. The Bertz CT molecular complexity index is 967. The molecular weight excluding hydrogens is 242 g/mol. The molecule has 0 aliphatic heterocycles. The predicted octanol–water partition coefficient (Wildman–Crippen LogP) is 5.16. The number of aryl methyl sites for hydroxylation is 2. The highest BCUT2D eigenvalue weighted by atomic mass is 14.7. The minimum Gasteiger partial charge on any atom is -0.247 e. The summed E-state index contributed by atoms with van der Waals surface area (Å²) in [6.07, 6.45) is 0. The summed E-state index contributed by atoms with van der Waals surface area (Å²) in [7, 11) is 0. The van der Waals surface area contributed by atoms with Gasteiger partial charge in [0.15, 0.2) is 0 Å². The highest BCUT2D eigenvalue weighted by Crippen LogP contribution is 2.28. The average Bonchev–Trinajstić information content (AvgIpc) is 2.45. The molecule has 0 bridgehead atoms. The third-order valence-corrected chi connectivity index (χ3v) is 3.95. The zero-order valence-electron chi connectivity index (χ0n) is 11.6. The summed E-state index contributed by atoms with van der Waals surface area (Å²) in [5.41, 5.74) is 4.72. The predicted molar refractivity (Wildman–Crippen MR) is 86.2 cm³/mol. The molecule has 4 aromatic rings. The van der Waals surface area contributed by atoms with Crippen molar-refractivity contribution in [3.8, 4) is 0 Å². The molecule has 0 fully saturated rings. The van der Waals surface area contributed by atoms with E-state index in [-0.39, 0.29) is 0 Å². The molecule has 0 saturated heterocycles. The number of hydrogen-bond donors (Lipinski definition) is 0. The van der Waals surface area contributed by atoms with Crippen molar-refractivity contribution in [2.24, 2.45) is 0 Å². The molecular formula is C19H15N. The summed E-state index contributed by atoms with van der Waals surface area (Å²) < 4.78 is 0. The maximum absolute atomic E-state index is 4.87. The van der Waals surface area contributed by atoms with Gasteiger partial charge < -0.3 is 0 Å². The average molecular weight is 257 g/mol. The molecule has 0 atom stereocenters. The zero-order chi connectivity index (χ0) is 13.7. The molecule has 3 aromatic carbocycles. The molecule has 1 heteroatoms. The van der Waals surface area contributed by atoms with Gasteiger partial charge in [-0.3, -0.25) is 0 Å². The molecule has 0 N–H and O–H groups in total. The van der Waals surface area contributed by atoms with Crippen LogP contribution in [0.15, 0.2) is 54.6 Å². The summed E-state index contributed by atoms with van der Waals surface area (Å²) in [5.74, 6) is 0. The van der Waals surface area contributed by atoms with Crippen LogP contribution in [0.25, 0.3) is 32.6 Å². The van der Waals surface area contributed by atoms with Crippen LogP contribution >= 0.6 is 0 Å². The number of nitrogens with zero attached hydrogens (tertiary/aromatic N) is 1. The third-order valence-electron chi connectivity index (χ3n) is 3.95. The molecule has 0 radical (unpaired) electrons. The number of rotatable bonds is 0. The second-order valence-corrected chi connectivity index (χ2v) is 5.50. The van der Waals surface area contributed by atoms with Crippen molar-refractivity contribution in [3.05, 3.63) is 65.7 Å². The summed E-state index contributed by atoms with van der Waals surface area (Å²) in [6.45, 7) is 4.27. The molecule has 1 heterocycles. The number of pyridine rings is 1. The molecule has 0 spiro atoms. The van der Waals surface area contributed by atoms with Crippen molar-refractivity contribution in [2.45, 2.75) is 13.8 Å². The van der Waals surface area contributed by atoms with Crippen molar-refractivity contribution in [3.63, 3.8) is 0 Å². The normalized spacial score (nSPS) is 11.5. The van der Waals surface area contributed by atoms with Gasteiger partial charge in [0.2, 0.25) is 0 Å². The number of fused-ring (bicyclic) bond motifs is 4. The van der Waals surface area contributed by atoms with E-state index in [1.165, 1.54) is 32.7 Å². The van der Waals surface area contributed by atoms with E-state index < -0.39 is 0 Å². The Morgan fingerprint density at radius 2 is 1.60 bits per heavy atom. The topological polar surface area (TPSA) is 12.9 Å². The van der Waals surface area contributed by atoms with Gasteiger partial charge in [-0.2, -0.15) is 0 Å². The van der Waals surface area contributed by atoms with Gasteiger partial charge in [-0.05, 0) is 48.4 Å². The van der Waals surface area contributed by atoms with Crippen LogP contribution in [0.4, 0.5) is 0 Å². The largest absolute Gasteiger partial charge is 0.247 e. The first kappa shape index (κ1) is 11.4. The monoisotopic (exact) mass is 257 g/mol. The number of hydrogen-bond acceptors (Lipinski definition) is 1. The van der Waals surface area contributed by atoms with E-state index in [2.05, 4.69) is 68.4 Å². The highest BCUT2D eigenvalue weighted by molar-refractivity contribution is 6.09. The smallest absolute Gasteiger partial charge is 0.0739 e. The van der Waals surface area contributed by atoms with Crippen molar-refractivity contribution < 1.29 is 0 Å². The highest BCUT2D eigenvalue weighted by Gasteiger charge is 2.06. The maximum atomic E-state index is 4.87. The van der Waals surface area contributed by atoms with Gasteiger partial charge in [-0.1, -0.05) is 42.0 Å². The lowest BCUT2D eigenvalue weighted by molar-refractivity contribution is 1.38. The fraction of sp³-hybridized carbons (Fsp3) is 0.105. The molecule has 0 saturated carbocycles. The molecule has 20 heavy (non-hydrogen) atoms. The summed E-state index contributed by atoms with van der Waals surface area (Å²) in [5, 5.41) is 5.01. The number of benzene rings is 3. The molecule has 1 nitrogen and oxygen atoms in total. The summed E-state index contributed by atoms with van der Waals surface area (Å²) in [4.78, 5) is 4.87. The first-order chi connectivity index (χ1) is 9.72. The lowest BCUT2D eigenvalue weighted by Gasteiger charge is -2.08. The first-order valence-corrected chi connectivity index (χ1v) is 6.92. The van der Waals surface area contributed by atoms with E-state index >= 15 is 0 Å². The maximum Gasteiger partial charge on any atom is 0.0739 e. The van der Waals surface area contributed by atoms with Gasteiger partial charge in [0.25, 0.3) is 0 Å². The molecule has 4 rings (SSSR count). The third kappa shape index (κ3) is 1.60. The van der Waals surface area contributed by atoms with Crippen LogP contribution in [-0.2, 0) is 0 Å². The molecule has 0 aliphatic rings. The van der Waals surface area contributed by atoms with E-state index in [9.17, 15) is 0 Å². The van der Waals surface area contributed by atoms with Gasteiger partial charge in [-0.25, -0.2) is 4.98 Å². The van der Waals surface area contributed by atoms with Crippen LogP contribution in [-0.4, -0.2) is 4.98 Å². The molecule has 0 aliphatic carbocycles. The van der Waals surface area contributed by atoms with E-state index in [1.807, 2.05) is 0 Å². The van der Waals surface area contributed by atoms with Crippen LogP contribution in [0.5, 0.6) is 0 Å². The standard InChI is InChI=1S/C19H15N/c1-12-9-13(2)19-15(10-12)11-17-16-6-4-3-5-14(16)7-8-18(17)20-19/h3-11H,1-2H3. The Labute approximate surface area is 117 Å². The Hall–Kier alpha value is -2.41. The van der Waals surface area contributed by atoms with Gasteiger partial charge in [0.1, 0.15) is 0 Å². The second-order valence-electron chi connectivity index (χ2n) is 5.50. The van der Waals surface area contributed by atoms with Crippen molar-refractivity contribution in [1.29, 1.82) is 0 Å². The molecule has 96 valence electrons. The van der Waals surface area contributed by atoms with Crippen molar-refractivity contribution >= 4 is 32.6 Å². The minimum atomic E-state index is 1.07. The van der Waals surface area contributed by atoms with Crippen LogP contribution in [0.3, 0.4) is 0 Å². The Balaban J connectivity index is 2.24. The van der Waals surface area contributed by atoms with E-state index in [1.54, 1.807) is 0 Å². The summed E-state index contributed by atoms with van der Waals surface area (Å²) >= 11 is 0. The quantitative estimate of drug-likeness (QED) is 0.313. The van der Waals surface area contributed by atoms with E-state index in [4.69, 9.17) is 4.98 Å². The SMILES string of the molecule is Cc1cc(C)c2nc3ccc4ccccc4c3cc2c1. The van der Waals surface area contributed by atoms with E-state index in [0.29, 0.717) is 0 Å². The summed E-state index contributed by atoms with van der Waals surface area (Å²) in [6, 6.07) is 19.5. The fourth-order valence-corrected chi connectivity index (χ4v) is 3.06. The second kappa shape index (κ2) is 4.04. The number of aromatic nitrogens is 1. The van der Waals surface area contributed by atoms with Crippen LogP contribution in [0, 0.1) is 13.8 Å². The Morgan fingerprint density at radius 1 is 0.750 bits per heavy atom. The van der Waals surface area contributed by atoms with Gasteiger partial charge in [0, 0.05) is 10.8 Å². The Morgan fingerprint density at radius 3 is 2.50 bits per heavy atom. The lowest BCUT2D eigenvalue weighted by atomic mass is 10.0. The first-order valence-electron chi connectivity index (χ1n) is 6.92. The van der Waals surface area contributed by atoms with E-state index in [0.717, 1.165) is 11.0 Å². The van der Waals surface area contributed by atoms with Crippen LogP contribution in [0.1, 0.15) is 11.1 Å². The van der Waals surface area contributed by atoms with Crippen molar-refractivity contribution in [1.82, 2.24) is 4.98 Å². The van der Waals surface area contributed by atoms with Gasteiger partial charge >= 0.3 is 0 Å². The van der Waals surface area contributed by atoms with Gasteiger partial charge in [-0.15, -0.1) is 0 Å². The van der Waals surface area contributed by atoms with Crippen LogP contribution in [0.2, 0.25) is 0 Å². The molecule has 0 amide bonds. The zero-order valence-corrected chi connectivity index (χ0v) is 11.6. The van der Waals surface area contributed by atoms with Crippen molar-refractivity contribution in [2.75, 3.05) is 0 Å². The molecule has 0 unspecified atom stereocenters. The lowest BCUT2D eigenvalue weighted by Crippen LogP contribution is -1.88. The van der Waals surface area contributed by atoms with Crippen LogP contribution < -0.4 is 0 Å².